The molecule has 7 nitrogen and oxygen atoms in total. The van der Waals surface area contributed by atoms with Gasteiger partial charge >= 0.3 is 0 Å². The zero-order valence-electron chi connectivity index (χ0n) is 18.0. The van der Waals surface area contributed by atoms with Gasteiger partial charge in [0.1, 0.15) is 23.3 Å². The summed E-state index contributed by atoms with van der Waals surface area (Å²) >= 11 is 6.05. The number of anilines is 3. The van der Waals surface area contributed by atoms with Crippen LogP contribution >= 0.6 is 11.6 Å². The van der Waals surface area contributed by atoms with Crippen molar-refractivity contribution in [2.75, 3.05) is 17.2 Å². The van der Waals surface area contributed by atoms with Gasteiger partial charge in [-0.3, -0.25) is 9.08 Å². The van der Waals surface area contributed by atoms with Crippen LogP contribution in [0.15, 0.2) is 73.2 Å². The van der Waals surface area contributed by atoms with E-state index in [2.05, 4.69) is 55.4 Å². The van der Waals surface area contributed by atoms with Gasteiger partial charge in [-0.2, -0.15) is 5.10 Å². The third kappa shape index (κ3) is 3.70. The molecule has 1 atom stereocenters. The Morgan fingerprint density at radius 3 is 2.73 bits per heavy atom. The van der Waals surface area contributed by atoms with Crippen LogP contribution in [0.4, 0.5) is 17.5 Å². The van der Waals surface area contributed by atoms with Crippen molar-refractivity contribution in [3.05, 3.63) is 89.6 Å². The maximum Gasteiger partial charge on any atom is 0.132 e. The second-order valence-corrected chi connectivity index (χ2v) is 8.75. The molecule has 6 rings (SSSR count). The van der Waals surface area contributed by atoms with E-state index in [-0.39, 0.29) is 0 Å². The topological polar surface area (TPSA) is 72.1 Å². The lowest BCUT2D eigenvalue weighted by Gasteiger charge is -2.25. The lowest BCUT2D eigenvalue weighted by atomic mass is 9.97. The number of halogens is 1. The molecule has 0 bridgehead atoms. The predicted octanol–water partition coefficient (Wildman–Crippen LogP) is 5.28. The third-order valence-electron chi connectivity index (χ3n) is 6.11. The molecule has 0 fully saturated rings. The molecular weight excluding hydrogens is 434 g/mol. The van der Waals surface area contributed by atoms with Crippen molar-refractivity contribution in [2.24, 2.45) is 7.05 Å². The number of nitrogens with zero attached hydrogens (tertiary/aromatic N) is 5. The van der Waals surface area contributed by atoms with Gasteiger partial charge in [0.2, 0.25) is 0 Å². The van der Waals surface area contributed by atoms with E-state index >= 15 is 0 Å². The minimum atomic E-state index is 0.294. The molecule has 1 unspecified atom stereocenters. The van der Waals surface area contributed by atoms with Crippen LogP contribution in [0.1, 0.15) is 17.3 Å². The van der Waals surface area contributed by atoms with Crippen LogP contribution in [-0.4, -0.2) is 30.7 Å². The van der Waals surface area contributed by atoms with E-state index in [0.29, 0.717) is 5.92 Å². The molecule has 1 aliphatic rings. The zero-order chi connectivity index (χ0) is 22.4. The average molecular weight is 456 g/mol. The number of imidazole rings is 1. The summed E-state index contributed by atoms with van der Waals surface area (Å²) in [4.78, 5) is 9.26. The van der Waals surface area contributed by atoms with Crippen molar-refractivity contribution in [2.45, 2.75) is 12.3 Å². The molecule has 33 heavy (non-hydrogen) atoms. The van der Waals surface area contributed by atoms with Crippen molar-refractivity contribution >= 4 is 34.6 Å². The second kappa shape index (κ2) is 7.94. The number of aromatic nitrogens is 5. The average Bonchev–Trinajstić information content (AvgIpc) is 3.44. The summed E-state index contributed by atoms with van der Waals surface area (Å²) in [5, 5.41) is 11.9. The normalized spacial score (nSPS) is 14.9. The largest absolute Gasteiger partial charge is 0.370 e. The van der Waals surface area contributed by atoms with Crippen molar-refractivity contribution in [3.63, 3.8) is 0 Å². The maximum absolute atomic E-state index is 6.05. The minimum absolute atomic E-state index is 0.294. The van der Waals surface area contributed by atoms with Crippen molar-refractivity contribution < 1.29 is 0 Å². The van der Waals surface area contributed by atoms with Gasteiger partial charge in [-0.15, -0.1) is 0 Å². The SMILES string of the molecule is Cn1nccc1Nc1cc(-c2cc3n4c(ncc4c2)C(Cc2ccc(Cl)cc2)CN3)ccn1. The van der Waals surface area contributed by atoms with Gasteiger partial charge in [0, 0.05) is 36.8 Å². The molecule has 2 N–H and O–H groups in total. The van der Waals surface area contributed by atoms with Crippen LogP contribution in [0.3, 0.4) is 0 Å². The zero-order valence-corrected chi connectivity index (χ0v) is 18.8. The van der Waals surface area contributed by atoms with Gasteiger partial charge in [-0.05, 0) is 59.5 Å². The quantitative estimate of drug-likeness (QED) is 0.377. The Labute approximate surface area is 196 Å². The third-order valence-corrected chi connectivity index (χ3v) is 6.37. The van der Waals surface area contributed by atoms with Crippen LogP contribution in [0.5, 0.6) is 0 Å². The Hall–Kier alpha value is -3.84. The van der Waals surface area contributed by atoms with E-state index in [4.69, 9.17) is 16.6 Å². The first-order chi connectivity index (χ1) is 16.1. The molecule has 0 saturated carbocycles. The van der Waals surface area contributed by atoms with Gasteiger partial charge in [-0.1, -0.05) is 23.7 Å². The number of nitrogens with one attached hydrogen (secondary N) is 2. The van der Waals surface area contributed by atoms with E-state index in [1.54, 1.807) is 10.9 Å². The van der Waals surface area contributed by atoms with Gasteiger partial charge < -0.3 is 10.6 Å². The van der Waals surface area contributed by atoms with Gasteiger partial charge in [0.25, 0.3) is 0 Å². The first kappa shape index (κ1) is 19.8. The maximum atomic E-state index is 6.05. The van der Waals surface area contributed by atoms with E-state index in [1.165, 1.54) is 5.56 Å². The summed E-state index contributed by atoms with van der Waals surface area (Å²) in [6.07, 6.45) is 6.45. The van der Waals surface area contributed by atoms with Crippen LogP contribution in [0.25, 0.3) is 16.6 Å². The smallest absolute Gasteiger partial charge is 0.132 e. The summed E-state index contributed by atoms with van der Waals surface area (Å²) < 4.78 is 4.01. The summed E-state index contributed by atoms with van der Waals surface area (Å²) in [6, 6.07) is 18.4. The molecule has 1 aliphatic heterocycles. The predicted molar refractivity (Wildman–Crippen MR) is 131 cm³/mol. The molecule has 8 heteroatoms. The fraction of sp³-hybridized carbons (Fsp3) is 0.160. The summed E-state index contributed by atoms with van der Waals surface area (Å²) in [6.45, 7) is 0.835. The van der Waals surface area contributed by atoms with Gasteiger partial charge in [-0.25, -0.2) is 9.97 Å². The molecule has 5 heterocycles. The molecule has 0 saturated heterocycles. The van der Waals surface area contributed by atoms with E-state index in [1.807, 2.05) is 43.7 Å². The highest BCUT2D eigenvalue weighted by Crippen LogP contribution is 2.33. The highest BCUT2D eigenvalue weighted by atomic mass is 35.5. The van der Waals surface area contributed by atoms with Crippen molar-refractivity contribution in [1.29, 1.82) is 0 Å². The molecule has 0 spiro atoms. The fourth-order valence-corrected chi connectivity index (χ4v) is 4.56. The van der Waals surface area contributed by atoms with Gasteiger partial charge in [0.05, 0.1) is 17.9 Å². The minimum Gasteiger partial charge on any atom is -0.370 e. The van der Waals surface area contributed by atoms with Crippen LogP contribution in [-0.2, 0) is 13.5 Å². The summed E-state index contributed by atoms with van der Waals surface area (Å²) in [5.41, 5.74) is 4.53. The summed E-state index contributed by atoms with van der Waals surface area (Å²) in [5.74, 6) is 4.10. The number of hydrogen-bond acceptors (Lipinski definition) is 5. The Morgan fingerprint density at radius 1 is 1.03 bits per heavy atom. The molecule has 0 radical (unpaired) electrons. The van der Waals surface area contributed by atoms with E-state index in [9.17, 15) is 0 Å². The Kier molecular flexibility index (Phi) is 4.77. The first-order valence-electron chi connectivity index (χ1n) is 10.9. The molecule has 0 amide bonds. The number of rotatable bonds is 5. The van der Waals surface area contributed by atoms with E-state index < -0.39 is 0 Å². The lowest BCUT2D eigenvalue weighted by molar-refractivity contribution is 0.640. The number of benzene rings is 1. The standard InChI is InChI=1S/C25H22ClN7/c1-32-23(7-9-30-32)31-22-12-17(6-8-27-22)18-11-21-15-29-25-19(14-28-24(13-18)33(21)25)10-16-2-4-20(26)5-3-16/h2-9,11-13,15,19,28H,10,14H2,1H3,(H,27,31). The van der Waals surface area contributed by atoms with Crippen LogP contribution in [0.2, 0.25) is 5.02 Å². The lowest BCUT2D eigenvalue weighted by Crippen LogP contribution is -2.24. The van der Waals surface area contributed by atoms with Crippen LogP contribution in [0, 0.1) is 0 Å². The first-order valence-corrected chi connectivity index (χ1v) is 11.2. The molecule has 4 aromatic heterocycles. The van der Waals surface area contributed by atoms with Crippen molar-refractivity contribution in [1.82, 2.24) is 24.1 Å². The molecular formula is C25H22ClN7. The molecule has 164 valence electrons. The van der Waals surface area contributed by atoms with E-state index in [0.717, 1.165) is 57.9 Å². The fourth-order valence-electron chi connectivity index (χ4n) is 4.44. The second-order valence-electron chi connectivity index (χ2n) is 8.31. The molecule has 0 aliphatic carbocycles. The van der Waals surface area contributed by atoms with Crippen molar-refractivity contribution in [3.8, 4) is 11.1 Å². The Bertz CT molecular complexity index is 1450. The Balaban J connectivity index is 1.32. The number of pyridine rings is 2. The number of aryl methyl sites for hydroxylation is 1. The Morgan fingerprint density at radius 2 is 1.91 bits per heavy atom. The highest BCUT2D eigenvalue weighted by molar-refractivity contribution is 6.30. The summed E-state index contributed by atoms with van der Waals surface area (Å²) in [7, 11) is 1.90. The van der Waals surface area contributed by atoms with Gasteiger partial charge in [0.15, 0.2) is 0 Å². The van der Waals surface area contributed by atoms with Crippen LogP contribution < -0.4 is 10.6 Å². The number of hydrogen-bond donors (Lipinski definition) is 2. The molecule has 1 aromatic carbocycles. The highest BCUT2D eigenvalue weighted by Gasteiger charge is 2.24. The monoisotopic (exact) mass is 455 g/mol. The molecule has 5 aromatic rings.